The van der Waals surface area contributed by atoms with E-state index in [1.54, 1.807) is 0 Å². The summed E-state index contributed by atoms with van der Waals surface area (Å²) in [6, 6.07) is -0.168. The third-order valence-corrected chi connectivity index (χ3v) is 2.21. The summed E-state index contributed by atoms with van der Waals surface area (Å²) in [6.45, 7) is 9.25. The summed E-state index contributed by atoms with van der Waals surface area (Å²) >= 11 is 0. The van der Waals surface area contributed by atoms with Crippen molar-refractivity contribution in [2.45, 2.75) is 40.2 Å². The van der Waals surface area contributed by atoms with E-state index in [-0.39, 0.29) is 17.9 Å². The Hall–Kier alpha value is -0.570. The van der Waals surface area contributed by atoms with Crippen LogP contribution in [0.2, 0.25) is 0 Å². The molecule has 0 spiro atoms. The minimum atomic E-state index is -0.168. The van der Waals surface area contributed by atoms with Gasteiger partial charge in [-0.25, -0.2) is 0 Å². The van der Waals surface area contributed by atoms with Gasteiger partial charge in [-0.1, -0.05) is 27.7 Å². The predicted molar refractivity (Wildman–Crippen MR) is 58.1 cm³/mol. The molecule has 0 fully saturated rings. The van der Waals surface area contributed by atoms with Crippen molar-refractivity contribution in [3.63, 3.8) is 0 Å². The van der Waals surface area contributed by atoms with Gasteiger partial charge in [-0.05, 0) is 24.8 Å². The first kappa shape index (κ1) is 13.4. The van der Waals surface area contributed by atoms with Gasteiger partial charge in [0.2, 0.25) is 0 Å². The molecule has 3 heteroatoms. The molecule has 0 saturated carbocycles. The van der Waals surface area contributed by atoms with Gasteiger partial charge in [-0.3, -0.25) is 4.79 Å². The third kappa shape index (κ3) is 5.22. The van der Waals surface area contributed by atoms with Crippen LogP contribution in [0.15, 0.2) is 0 Å². The van der Waals surface area contributed by atoms with E-state index >= 15 is 0 Å². The Morgan fingerprint density at radius 1 is 1.29 bits per heavy atom. The molecule has 0 rings (SSSR count). The summed E-state index contributed by atoms with van der Waals surface area (Å²) in [4.78, 5) is 11.3. The fourth-order valence-corrected chi connectivity index (χ4v) is 1.25. The SMILES string of the molecule is COC(=O)[C@@H](NCCC(C)C)C(C)C. The van der Waals surface area contributed by atoms with Crippen LogP contribution in [-0.2, 0) is 9.53 Å². The normalized spacial score (nSPS) is 13.4. The molecule has 0 aromatic rings. The summed E-state index contributed by atoms with van der Waals surface area (Å²) in [5.74, 6) is 0.770. The van der Waals surface area contributed by atoms with Crippen molar-refractivity contribution >= 4 is 5.97 Å². The van der Waals surface area contributed by atoms with Crippen molar-refractivity contribution in [1.29, 1.82) is 0 Å². The van der Waals surface area contributed by atoms with Crippen LogP contribution in [-0.4, -0.2) is 25.7 Å². The van der Waals surface area contributed by atoms with Crippen molar-refractivity contribution in [1.82, 2.24) is 5.32 Å². The lowest BCUT2D eigenvalue weighted by Crippen LogP contribution is -2.42. The average Bonchev–Trinajstić information content (AvgIpc) is 2.10. The van der Waals surface area contributed by atoms with E-state index < -0.39 is 0 Å². The van der Waals surface area contributed by atoms with Crippen LogP contribution < -0.4 is 5.32 Å². The Labute approximate surface area is 87.2 Å². The Kier molecular flexibility index (Phi) is 6.54. The van der Waals surface area contributed by atoms with Crippen LogP contribution in [0.3, 0.4) is 0 Å². The quantitative estimate of drug-likeness (QED) is 0.666. The number of carbonyl (C=O) groups is 1. The van der Waals surface area contributed by atoms with E-state index in [2.05, 4.69) is 19.2 Å². The molecule has 3 nitrogen and oxygen atoms in total. The molecule has 0 aromatic carbocycles. The molecule has 0 unspecified atom stereocenters. The Balaban J connectivity index is 3.92. The van der Waals surface area contributed by atoms with Gasteiger partial charge in [0, 0.05) is 0 Å². The van der Waals surface area contributed by atoms with Crippen molar-refractivity contribution < 1.29 is 9.53 Å². The minimum Gasteiger partial charge on any atom is -0.468 e. The number of ether oxygens (including phenoxy) is 1. The molecule has 0 heterocycles. The van der Waals surface area contributed by atoms with E-state index in [0.29, 0.717) is 5.92 Å². The van der Waals surface area contributed by atoms with E-state index in [1.807, 2.05) is 13.8 Å². The zero-order valence-electron chi connectivity index (χ0n) is 9.96. The van der Waals surface area contributed by atoms with Gasteiger partial charge >= 0.3 is 5.97 Å². The van der Waals surface area contributed by atoms with Gasteiger partial charge in [0.15, 0.2) is 0 Å². The predicted octanol–water partition coefficient (Wildman–Crippen LogP) is 1.82. The van der Waals surface area contributed by atoms with E-state index in [1.165, 1.54) is 7.11 Å². The van der Waals surface area contributed by atoms with Crippen LogP contribution >= 0.6 is 0 Å². The minimum absolute atomic E-state index is 0.163. The summed E-state index contributed by atoms with van der Waals surface area (Å²) in [7, 11) is 1.43. The van der Waals surface area contributed by atoms with Crippen LogP contribution in [0.25, 0.3) is 0 Å². The second-order valence-electron chi connectivity index (χ2n) is 4.38. The second kappa shape index (κ2) is 6.82. The molecule has 0 radical (unpaired) electrons. The first-order chi connectivity index (χ1) is 6.49. The molecule has 14 heavy (non-hydrogen) atoms. The number of hydrogen-bond donors (Lipinski definition) is 1. The first-order valence-corrected chi connectivity index (χ1v) is 5.30. The lowest BCUT2D eigenvalue weighted by atomic mass is 10.0. The molecular formula is C11H23NO2. The zero-order valence-corrected chi connectivity index (χ0v) is 9.96. The fraction of sp³-hybridized carbons (Fsp3) is 0.909. The van der Waals surface area contributed by atoms with Crippen molar-refractivity contribution in [3.8, 4) is 0 Å². The highest BCUT2D eigenvalue weighted by Crippen LogP contribution is 2.04. The van der Waals surface area contributed by atoms with Gasteiger partial charge in [0.05, 0.1) is 7.11 Å². The molecule has 1 N–H and O–H groups in total. The van der Waals surface area contributed by atoms with Gasteiger partial charge in [0.25, 0.3) is 0 Å². The van der Waals surface area contributed by atoms with E-state index in [4.69, 9.17) is 4.74 Å². The zero-order chi connectivity index (χ0) is 11.1. The lowest BCUT2D eigenvalue weighted by Gasteiger charge is -2.20. The van der Waals surface area contributed by atoms with Gasteiger partial charge in [-0.15, -0.1) is 0 Å². The largest absolute Gasteiger partial charge is 0.468 e. The maximum absolute atomic E-state index is 11.3. The molecule has 0 aliphatic rings. The molecule has 0 amide bonds. The Morgan fingerprint density at radius 2 is 1.86 bits per heavy atom. The van der Waals surface area contributed by atoms with Crippen molar-refractivity contribution in [2.24, 2.45) is 11.8 Å². The Morgan fingerprint density at radius 3 is 2.21 bits per heavy atom. The summed E-state index contributed by atoms with van der Waals surface area (Å²) in [6.07, 6.45) is 1.08. The molecular weight excluding hydrogens is 178 g/mol. The van der Waals surface area contributed by atoms with Crippen molar-refractivity contribution in [3.05, 3.63) is 0 Å². The molecule has 0 bridgehead atoms. The van der Waals surface area contributed by atoms with Gasteiger partial charge < -0.3 is 10.1 Å². The maximum Gasteiger partial charge on any atom is 0.323 e. The maximum atomic E-state index is 11.3. The molecule has 0 aliphatic heterocycles. The molecule has 0 aromatic heterocycles. The summed E-state index contributed by atoms with van der Waals surface area (Å²) in [5.41, 5.74) is 0. The standard InChI is InChI=1S/C11H23NO2/c1-8(2)6-7-12-10(9(3)4)11(13)14-5/h8-10,12H,6-7H2,1-5H3/t10-/m0/s1. The second-order valence-corrected chi connectivity index (χ2v) is 4.38. The van der Waals surface area contributed by atoms with Gasteiger partial charge in [0.1, 0.15) is 6.04 Å². The van der Waals surface area contributed by atoms with Crippen LogP contribution in [0.5, 0.6) is 0 Å². The summed E-state index contributed by atoms with van der Waals surface area (Å²) in [5, 5.41) is 3.23. The highest BCUT2D eigenvalue weighted by molar-refractivity contribution is 5.75. The van der Waals surface area contributed by atoms with Gasteiger partial charge in [-0.2, -0.15) is 0 Å². The summed E-state index contributed by atoms with van der Waals surface area (Å²) < 4.78 is 4.73. The Bertz CT molecular complexity index is 167. The highest BCUT2D eigenvalue weighted by Gasteiger charge is 2.21. The van der Waals surface area contributed by atoms with Crippen LogP contribution in [0.1, 0.15) is 34.1 Å². The number of hydrogen-bond acceptors (Lipinski definition) is 3. The number of carbonyl (C=O) groups excluding carboxylic acids is 1. The lowest BCUT2D eigenvalue weighted by molar-refractivity contribution is -0.144. The smallest absolute Gasteiger partial charge is 0.323 e. The van der Waals surface area contributed by atoms with Crippen molar-refractivity contribution in [2.75, 3.05) is 13.7 Å². The van der Waals surface area contributed by atoms with E-state index in [9.17, 15) is 4.79 Å². The monoisotopic (exact) mass is 201 g/mol. The first-order valence-electron chi connectivity index (χ1n) is 5.30. The van der Waals surface area contributed by atoms with E-state index in [0.717, 1.165) is 13.0 Å². The molecule has 1 atom stereocenters. The molecule has 84 valence electrons. The number of esters is 1. The number of methoxy groups -OCH3 is 1. The highest BCUT2D eigenvalue weighted by atomic mass is 16.5. The fourth-order valence-electron chi connectivity index (χ4n) is 1.25. The molecule has 0 aliphatic carbocycles. The topological polar surface area (TPSA) is 38.3 Å². The van der Waals surface area contributed by atoms with Crippen LogP contribution in [0.4, 0.5) is 0 Å². The number of nitrogens with one attached hydrogen (secondary N) is 1. The molecule has 0 saturated heterocycles. The average molecular weight is 201 g/mol. The number of rotatable bonds is 6. The van der Waals surface area contributed by atoms with Crippen LogP contribution in [0, 0.1) is 11.8 Å². The third-order valence-electron chi connectivity index (χ3n) is 2.21.